The summed E-state index contributed by atoms with van der Waals surface area (Å²) in [4.78, 5) is 22.8. The van der Waals surface area contributed by atoms with E-state index in [4.69, 9.17) is 37.8 Å². The number of carbonyl (C=O) groups is 2. The lowest BCUT2D eigenvalue weighted by Gasteiger charge is -2.16. The largest absolute Gasteiger partial charge is 0.489 e. The molecule has 1 aromatic carbocycles. The maximum Gasteiger partial charge on any atom is 0.412 e. The van der Waals surface area contributed by atoms with Gasteiger partial charge in [-0.3, -0.25) is 5.32 Å². The molecule has 1 unspecified atom stereocenters. The molecule has 0 aromatic heterocycles. The van der Waals surface area contributed by atoms with Gasteiger partial charge in [0.25, 0.3) is 0 Å². The SMILES string of the molecule is C=C(C)C(OC(=O)Nc1cc(OC(C)C)c(Cl)cc1Cl)C(=O)O. The molecule has 0 aliphatic heterocycles. The van der Waals surface area contributed by atoms with Gasteiger partial charge in [0.15, 0.2) is 0 Å². The van der Waals surface area contributed by atoms with E-state index in [9.17, 15) is 9.59 Å². The van der Waals surface area contributed by atoms with E-state index in [-0.39, 0.29) is 27.4 Å². The molecule has 0 radical (unpaired) electrons. The van der Waals surface area contributed by atoms with E-state index < -0.39 is 18.2 Å². The van der Waals surface area contributed by atoms with Crippen LogP contribution in [0, 0.1) is 0 Å². The van der Waals surface area contributed by atoms with Crippen LogP contribution in [0.2, 0.25) is 10.0 Å². The molecule has 0 heterocycles. The van der Waals surface area contributed by atoms with Gasteiger partial charge in [-0.1, -0.05) is 29.8 Å². The van der Waals surface area contributed by atoms with Gasteiger partial charge in [-0.15, -0.1) is 0 Å². The summed E-state index contributed by atoms with van der Waals surface area (Å²) in [6, 6.07) is 2.84. The highest BCUT2D eigenvalue weighted by molar-refractivity contribution is 6.37. The molecule has 0 saturated carbocycles. The highest BCUT2D eigenvalue weighted by Gasteiger charge is 2.23. The van der Waals surface area contributed by atoms with Crippen molar-refractivity contribution in [3.05, 3.63) is 34.3 Å². The average Bonchev–Trinajstić information content (AvgIpc) is 2.40. The van der Waals surface area contributed by atoms with Crippen molar-refractivity contribution in [2.75, 3.05) is 5.32 Å². The Kier molecular flexibility index (Phi) is 6.72. The van der Waals surface area contributed by atoms with Crippen LogP contribution in [0.4, 0.5) is 10.5 Å². The number of nitrogens with one attached hydrogen (secondary N) is 1. The summed E-state index contributed by atoms with van der Waals surface area (Å²) in [6.07, 6.45) is -2.57. The van der Waals surface area contributed by atoms with Crippen LogP contribution in [-0.2, 0) is 9.53 Å². The molecule has 0 saturated heterocycles. The van der Waals surface area contributed by atoms with E-state index in [1.807, 2.05) is 13.8 Å². The zero-order valence-electron chi connectivity index (χ0n) is 12.9. The number of halogens is 2. The number of rotatable bonds is 6. The van der Waals surface area contributed by atoms with E-state index in [1.165, 1.54) is 19.1 Å². The number of carbonyl (C=O) groups excluding carboxylic acids is 1. The molecule has 23 heavy (non-hydrogen) atoms. The van der Waals surface area contributed by atoms with E-state index in [0.717, 1.165) is 0 Å². The minimum atomic E-state index is -1.45. The molecule has 6 nitrogen and oxygen atoms in total. The summed E-state index contributed by atoms with van der Waals surface area (Å²) in [6.45, 7) is 8.54. The van der Waals surface area contributed by atoms with Crippen molar-refractivity contribution in [3.63, 3.8) is 0 Å². The van der Waals surface area contributed by atoms with E-state index in [0.29, 0.717) is 5.75 Å². The topological polar surface area (TPSA) is 84.9 Å². The number of anilines is 1. The Morgan fingerprint density at radius 3 is 2.35 bits per heavy atom. The first-order valence-corrected chi connectivity index (χ1v) is 7.39. The normalized spacial score (nSPS) is 11.7. The molecule has 0 aliphatic carbocycles. The maximum absolute atomic E-state index is 11.8. The lowest BCUT2D eigenvalue weighted by molar-refractivity contribution is -0.144. The molecule has 1 aromatic rings. The molecule has 1 amide bonds. The molecule has 0 spiro atoms. The lowest BCUT2D eigenvalue weighted by atomic mass is 10.2. The minimum Gasteiger partial charge on any atom is -0.489 e. The number of carboxylic acids is 1. The van der Waals surface area contributed by atoms with Crippen LogP contribution < -0.4 is 10.1 Å². The third kappa shape index (κ3) is 5.65. The zero-order valence-corrected chi connectivity index (χ0v) is 14.4. The first-order valence-electron chi connectivity index (χ1n) is 6.63. The number of benzene rings is 1. The molecule has 1 atom stereocenters. The van der Waals surface area contributed by atoms with Gasteiger partial charge in [-0.25, -0.2) is 9.59 Å². The zero-order chi connectivity index (χ0) is 17.7. The van der Waals surface area contributed by atoms with E-state index >= 15 is 0 Å². The number of aliphatic carboxylic acids is 1. The monoisotopic (exact) mass is 361 g/mol. The fraction of sp³-hybridized carbons (Fsp3) is 0.333. The van der Waals surface area contributed by atoms with Crippen LogP contribution in [0.1, 0.15) is 20.8 Å². The van der Waals surface area contributed by atoms with Gasteiger partial charge in [0.05, 0.1) is 21.8 Å². The number of hydrogen-bond donors (Lipinski definition) is 2. The molecular formula is C15H17Cl2NO5. The van der Waals surface area contributed by atoms with Crippen LogP contribution in [0.3, 0.4) is 0 Å². The lowest BCUT2D eigenvalue weighted by Crippen LogP contribution is -2.30. The second kappa shape index (κ2) is 8.08. The van der Waals surface area contributed by atoms with Crippen LogP contribution in [-0.4, -0.2) is 29.4 Å². The van der Waals surface area contributed by atoms with Gasteiger partial charge >= 0.3 is 12.1 Å². The summed E-state index contributed by atoms with van der Waals surface area (Å²) >= 11 is 12.0. The van der Waals surface area contributed by atoms with Crippen molar-refractivity contribution < 1.29 is 24.2 Å². The van der Waals surface area contributed by atoms with Crippen molar-refractivity contribution in [3.8, 4) is 5.75 Å². The van der Waals surface area contributed by atoms with Crippen molar-refractivity contribution in [2.24, 2.45) is 0 Å². The van der Waals surface area contributed by atoms with Gasteiger partial charge < -0.3 is 14.6 Å². The van der Waals surface area contributed by atoms with E-state index in [2.05, 4.69) is 11.9 Å². The second-order valence-corrected chi connectivity index (χ2v) is 5.84. The first kappa shape index (κ1) is 19.1. The highest BCUT2D eigenvalue weighted by atomic mass is 35.5. The minimum absolute atomic E-state index is 0.131. The summed E-state index contributed by atoms with van der Waals surface area (Å²) in [5, 5.41) is 11.8. The average molecular weight is 362 g/mol. The fourth-order valence-electron chi connectivity index (χ4n) is 1.58. The smallest absolute Gasteiger partial charge is 0.412 e. The Bertz CT molecular complexity index is 617. The maximum atomic E-state index is 11.8. The summed E-state index contributed by atoms with van der Waals surface area (Å²) in [7, 11) is 0. The Balaban J connectivity index is 2.93. The van der Waals surface area contributed by atoms with Gasteiger partial charge in [-0.05, 0) is 32.4 Å². The third-order valence-corrected chi connectivity index (χ3v) is 3.13. The van der Waals surface area contributed by atoms with Gasteiger partial charge in [0.1, 0.15) is 5.75 Å². The van der Waals surface area contributed by atoms with Crippen LogP contribution in [0.25, 0.3) is 0 Å². The molecule has 0 fully saturated rings. The molecule has 8 heteroatoms. The van der Waals surface area contributed by atoms with Gasteiger partial charge in [0.2, 0.25) is 6.10 Å². The Hall–Kier alpha value is -1.92. The quantitative estimate of drug-likeness (QED) is 0.735. The highest BCUT2D eigenvalue weighted by Crippen LogP contribution is 2.35. The van der Waals surface area contributed by atoms with Crippen LogP contribution in [0.15, 0.2) is 24.3 Å². The predicted octanol–water partition coefficient (Wildman–Crippen LogP) is 4.36. The van der Waals surface area contributed by atoms with Gasteiger partial charge in [0, 0.05) is 6.07 Å². The number of amides is 1. The first-order chi connectivity index (χ1) is 10.6. The number of ether oxygens (including phenoxy) is 2. The Morgan fingerprint density at radius 1 is 1.26 bits per heavy atom. The molecule has 1 rings (SSSR count). The van der Waals surface area contributed by atoms with Crippen LogP contribution >= 0.6 is 23.2 Å². The van der Waals surface area contributed by atoms with Crippen LogP contribution in [0.5, 0.6) is 5.75 Å². The van der Waals surface area contributed by atoms with Crippen molar-refractivity contribution >= 4 is 41.0 Å². The summed E-state index contributed by atoms with van der Waals surface area (Å²) in [5.41, 5.74) is 0.362. The molecule has 2 N–H and O–H groups in total. The predicted molar refractivity (Wildman–Crippen MR) is 88.6 cm³/mol. The van der Waals surface area contributed by atoms with Crippen molar-refractivity contribution in [2.45, 2.75) is 33.0 Å². The third-order valence-electron chi connectivity index (χ3n) is 2.52. The number of hydrogen-bond acceptors (Lipinski definition) is 4. The summed E-state index contributed by atoms with van der Waals surface area (Å²) < 4.78 is 10.3. The van der Waals surface area contributed by atoms with E-state index in [1.54, 1.807) is 0 Å². The fourth-order valence-corrected chi connectivity index (χ4v) is 2.05. The molecule has 126 valence electrons. The molecular weight excluding hydrogens is 345 g/mol. The number of carboxylic acid groups (broad SMARTS) is 1. The Labute approximate surface area is 144 Å². The van der Waals surface area contributed by atoms with Gasteiger partial charge in [-0.2, -0.15) is 0 Å². The standard InChI is InChI=1S/C15H17Cl2NO5/c1-7(2)13(14(19)20)23-15(21)18-11-6-12(22-8(3)4)10(17)5-9(11)16/h5-6,8,13H,1H2,2-4H3,(H,18,21)(H,19,20). The molecule has 0 bridgehead atoms. The summed E-state index contributed by atoms with van der Waals surface area (Å²) in [5.74, 6) is -0.991. The Morgan fingerprint density at radius 2 is 1.87 bits per heavy atom. The second-order valence-electron chi connectivity index (χ2n) is 5.02. The van der Waals surface area contributed by atoms with Crippen molar-refractivity contribution in [1.82, 2.24) is 0 Å². The molecule has 0 aliphatic rings. The van der Waals surface area contributed by atoms with Crippen molar-refractivity contribution in [1.29, 1.82) is 0 Å².